The van der Waals surface area contributed by atoms with Gasteiger partial charge in [0.05, 0.1) is 11.4 Å². The minimum Gasteiger partial charge on any atom is -0.351 e. The third-order valence-corrected chi connectivity index (χ3v) is 6.92. The molecule has 156 valence electrons. The van der Waals surface area contributed by atoms with Crippen LogP contribution in [0.5, 0.6) is 0 Å². The number of carbonyl (C=O) groups is 1. The highest BCUT2D eigenvalue weighted by Gasteiger charge is 2.29. The lowest BCUT2D eigenvalue weighted by molar-refractivity contribution is -0.122. The van der Waals surface area contributed by atoms with E-state index < -0.39 is 21.7 Å². The van der Waals surface area contributed by atoms with Gasteiger partial charge in [-0.2, -0.15) is 4.31 Å². The number of amides is 1. The quantitative estimate of drug-likeness (QED) is 0.743. The molecule has 10 heteroatoms. The molecule has 1 amide bonds. The number of piperazine rings is 1. The zero-order valence-electron chi connectivity index (χ0n) is 15.4. The lowest BCUT2D eigenvalue weighted by atomic mass is 10.2. The van der Waals surface area contributed by atoms with Crippen molar-refractivity contribution < 1.29 is 22.0 Å². The number of hydrogen-bond acceptors (Lipinski definition) is 4. The number of nitrogens with one attached hydrogen (secondary N) is 1. The van der Waals surface area contributed by atoms with Gasteiger partial charge in [0.15, 0.2) is 11.6 Å². The second-order valence-corrected chi connectivity index (χ2v) is 8.97. The molecule has 1 fully saturated rings. The highest BCUT2D eigenvalue weighted by Crippen LogP contribution is 2.20. The minimum atomic E-state index is -3.92. The molecule has 1 saturated heterocycles. The van der Waals surface area contributed by atoms with Crippen molar-refractivity contribution in [2.75, 3.05) is 32.7 Å². The van der Waals surface area contributed by atoms with Gasteiger partial charge in [0, 0.05) is 37.7 Å². The van der Waals surface area contributed by atoms with Gasteiger partial charge in [-0.05, 0) is 29.8 Å². The maximum atomic E-state index is 13.4. The molecule has 1 N–H and O–H groups in total. The van der Waals surface area contributed by atoms with Crippen molar-refractivity contribution in [3.8, 4) is 0 Å². The van der Waals surface area contributed by atoms with Crippen molar-refractivity contribution in [3.05, 3.63) is 64.7 Å². The number of rotatable bonds is 6. The largest absolute Gasteiger partial charge is 0.351 e. The predicted molar refractivity (Wildman–Crippen MR) is 105 cm³/mol. The highest BCUT2D eigenvalue weighted by molar-refractivity contribution is 7.89. The summed E-state index contributed by atoms with van der Waals surface area (Å²) in [5, 5.41) is 3.36. The van der Waals surface area contributed by atoms with Gasteiger partial charge < -0.3 is 5.32 Å². The van der Waals surface area contributed by atoms with Crippen molar-refractivity contribution in [2.45, 2.75) is 11.4 Å². The molecule has 0 unspecified atom stereocenters. The fourth-order valence-corrected chi connectivity index (χ4v) is 4.65. The van der Waals surface area contributed by atoms with Crippen molar-refractivity contribution in [2.24, 2.45) is 0 Å². The molecular formula is C19H20ClF2N3O3S. The first-order valence-electron chi connectivity index (χ1n) is 8.95. The molecule has 2 aromatic carbocycles. The van der Waals surface area contributed by atoms with Crippen LogP contribution in [0.15, 0.2) is 47.4 Å². The Morgan fingerprint density at radius 1 is 1.03 bits per heavy atom. The molecule has 0 atom stereocenters. The van der Waals surface area contributed by atoms with Crippen LogP contribution in [-0.4, -0.2) is 56.3 Å². The predicted octanol–water partition coefficient (Wildman–Crippen LogP) is 2.24. The molecule has 1 aliphatic rings. The fourth-order valence-electron chi connectivity index (χ4n) is 3.01. The van der Waals surface area contributed by atoms with Crippen molar-refractivity contribution >= 4 is 27.5 Å². The Morgan fingerprint density at radius 3 is 2.38 bits per heavy atom. The summed E-state index contributed by atoms with van der Waals surface area (Å²) in [4.78, 5) is 13.7. The van der Waals surface area contributed by atoms with E-state index in [4.69, 9.17) is 11.6 Å². The van der Waals surface area contributed by atoms with E-state index in [1.807, 2.05) is 23.1 Å². The average molecular weight is 444 g/mol. The summed E-state index contributed by atoms with van der Waals surface area (Å²) in [5.74, 6) is -2.50. The standard InChI is InChI=1S/C19H20ClF2N3O3S/c20-16-4-2-1-3-14(16)12-23-19(26)13-24-7-9-25(10-8-24)29(27,28)15-5-6-17(21)18(22)11-15/h1-6,11H,7-10,12-13H2,(H,23,26). The summed E-state index contributed by atoms with van der Waals surface area (Å²) < 4.78 is 52.8. The van der Waals surface area contributed by atoms with Gasteiger partial charge >= 0.3 is 0 Å². The molecule has 2 aromatic rings. The van der Waals surface area contributed by atoms with Gasteiger partial charge in [-0.1, -0.05) is 29.8 Å². The fraction of sp³-hybridized carbons (Fsp3) is 0.316. The average Bonchev–Trinajstić information content (AvgIpc) is 2.70. The molecule has 1 aliphatic heterocycles. The summed E-state index contributed by atoms with van der Waals surface area (Å²) in [7, 11) is -3.92. The number of halogens is 3. The third kappa shape index (κ3) is 5.30. The zero-order valence-corrected chi connectivity index (χ0v) is 17.0. The van der Waals surface area contributed by atoms with E-state index in [0.717, 1.165) is 17.7 Å². The summed E-state index contributed by atoms with van der Waals surface area (Å²) in [6.07, 6.45) is 0. The van der Waals surface area contributed by atoms with Gasteiger partial charge in [0.25, 0.3) is 0 Å². The molecule has 0 bridgehead atoms. The number of carbonyl (C=O) groups excluding carboxylic acids is 1. The van der Waals surface area contributed by atoms with Gasteiger partial charge in [-0.15, -0.1) is 0 Å². The van der Waals surface area contributed by atoms with Crippen LogP contribution in [-0.2, 0) is 21.4 Å². The molecule has 29 heavy (non-hydrogen) atoms. The van der Waals surface area contributed by atoms with Crippen LogP contribution < -0.4 is 5.32 Å². The molecule has 0 aliphatic carbocycles. The van der Waals surface area contributed by atoms with E-state index in [1.54, 1.807) is 6.07 Å². The lowest BCUT2D eigenvalue weighted by Gasteiger charge is -2.33. The third-order valence-electron chi connectivity index (χ3n) is 4.66. The van der Waals surface area contributed by atoms with E-state index in [2.05, 4.69) is 5.32 Å². The molecule has 0 radical (unpaired) electrons. The Kier molecular flexibility index (Phi) is 6.84. The highest BCUT2D eigenvalue weighted by atomic mass is 35.5. The van der Waals surface area contributed by atoms with Crippen LogP contribution in [0.25, 0.3) is 0 Å². The van der Waals surface area contributed by atoms with Crippen molar-refractivity contribution in [1.29, 1.82) is 0 Å². The number of benzene rings is 2. The molecular weight excluding hydrogens is 424 g/mol. The monoisotopic (exact) mass is 443 g/mol. The van der Waals surface area contributed by atoms with Crippen molar-refractivity contribution in [1.82, 2.24) is 14.5 Å². The maximum absolute atomic E-state index is 13.4. The molecule has 0 saturated carbocycles. The smallest absolute Gasteiger partial charge is 0.243 e. The van der Waals surface area contributed by atoms with Gasteiger partial charge in [0.2, 0.25) is 15.9 Å². The number of hydrogen-bond donors (Lipinski definition) is 1. The zero-order chi connectivity index (χ0) is 21.0. The van der Waals surface area contributed by atoms with Gasteiger partial charge in [-0.3, -0.25) is 9.69 Å². The van der Waals surface area contributed by atoms with Gasteiger partial charge in [-0.25, -0.2) is 17.2 Å². The molecule has 0 aromatic heterocycles. The van der Waals surface area contributed by atoms with Crippen LogP contribution in [0, 0.1) is 11.6 Å². The summed E-state index contributed by atoms with van der Waals surface area (Å²) >= 11 is 6.06. The van der Waals surface area contributed by atoms with E-state index >= 15 is 0 Å². The molecule has 6 nitrogen and oxygen atoms in total. The summed E-state index contributed by atoms with van der Waals surface area (Å²) in [5.41, 5.74) is 0.810. The minimum absolute atomic E-state index is 0.128. The Hall–Kier alpha value is -2.07. The van der Waals surface area contributed by atoms with Crippen LogP contribution >= 0.6 is 11.6 Å². The summed E-state index contributed by atoms with van der Waals surface area (Å²) in [6.45, 7) is 1.44. The first kappa shape index (κ1) is 21.6. The first-order valence-corrected chi connectivity index (χ1v) is 10.8. The topological polar surface area (TPSA) is 69.7 Å². The first-order chi connectivity index (χ1) is 13.8. The van der Waals surface area contributed by atoms with Crippen molar-refractivity contribution in [3.63, 3.8) is 0 Å². The van der Waals surface area contributed by atoms with Gasteiger partial charge in [0.1, 0.15) is 0 Å². The normalized spacial score (nSPS) is 16.0. The second-order valence-electron chi connectivity index (χ2n) is 6.62. The summed E-state index contributed by atoms with van der Waals surface area (Å²) in [6, 6.07) is 9.73. The Bertz CT molecular complexity index is 996. The van der Waals surface area contributed by atoms with Crippen LogP contribution in [0.3, 0.4) is 0 Å². The number of nitrogens with zero attached hydrogens (tertiary/aromatic N) is 2. The molecule has 1 heterocycles. The molecule has 0 spiro atoms. The molecule has 3 rings (SSSR count). The Morgan fingerprint density at radius 2 is 1.72 bits per heavy atom. The Labute approximate surface area is 173 Å². The number of sulfonamides is 1. The van der Waals surface area contributed by atoms with E-state index in [1.165, 1.54) is 4.31 Å². The second kappa shape index (κ2) is 9.17. The lowest BCUT2D eigenvalue weighted by Crippen LogP contribution is -2.51. The van der Waals surface area contributed by atoms with E-state index in [-0.39, 0.29) is 30.4 Å². The maximum Gasteiger partial charge on any atom is 0.243 e. The van der Waals surface area contributed by atoms with Crippen LogP contribution in [0.1, 0.15) is 5.56 Å². The Balaban J connectivity index is 1.51. The SMILES string of the molecule is O=C(CN1CCN(S(=O)(=O)c2ccc(F)c(F)c2)CC1)NCc1ccccc1Cl. The van der Waals surface area contributed by atoms with Crippen LogP contribution in [0.4, 0.5) is 8.78 Å². The van der Waals surface area contributed by atoms with Crippen LogP contribution in [0.2, 0.25) is 5.02 Å². The van der Waals surface area contributed by atoms with E-state index in [9.17, 15) is 22.0 Å². The van der Waals surface area contributed by atoms with E-state index in [0.29, 0.717) is 30.7 Å².